The van der Waals surface area contributed by atoms with Crippen molar-refractivity contribution in [2.24, 2.45) is 0 Å². The average molecular weight is 293 g/mol. The Morgan fingerprint density at radius 3 is 2.75 bits per heavy atom. The van der Waals surface area contributed by atoms with E-state index in [-0.39, 0.29) is 11.3 Å². The van der Waals surface area contributed by atoms with E-state index >= 15 is 0 Å². The van der Waals surface area contributed by atoms with E-state index in [1.54, 1.807) is 5.48 Å². The third-order valence-corrected chi connectivity index (χ3v) is 2.22. The number of carbonyl (C=O) groups is 1. The molecule has 1 N–H and O–H groups in total. The lowest BCUT2D eigenvalue weighted by Crippen LogP contribution is -2.32. The number of unbranched alkanes of at least 4 members (excludes halogenated alkanes) is 1. The van der Waals surface area contributed by atoms with Gasteiger partial charge in [-0.25, -0.2) is 10.2 Å². The smallest absolute Gasteiger partial charge is 0.268 e. The molecule has 0 aromatic carbocycles. The van der Waals surface area contributed by atoms with Crippen LogP contribution < -0.4 is 11.0 Å². The highest BCUT2D eigenvalue weighted by atomic mass is 19.4. The van der Waals surface area contributed by atoms with Crippen molar-refractivity contribution >= 4 is 5.91 Å². The standard InChI is InChI=1S/C11H14F3N3O3/c1-2-3-6-17-9(18)5-4-8(15-17)10(19)16-20-7-11(12,13)14/h4-5H,2-3,6-7H2,1H3,(H,16,19). The summed E-state index contributed by atoms with van der Waals surface area (Å²) in [6.07, 6.45) is -3.01. The molecule has 0 aliphatic rings. The third kappa shape index (κ3) is 5.39. The molecule has 0 atom stereocenters. The second-order valence-electron chi connectivity index (χ2n) is 3.97. The number of nitrogens with zero attached hydrogens (tertiary/aromatic N) is 2. The summed E-state index contributed by atoms with van der Waals surface area (Å²) in [6.45, 7) is 0.653. The quantitative estimate of drug-likeness (QED) is 0.802. The van der Waals surface area contributed by atoms with E-state index < -0.39 is 18.7 Å². The molecule has 0 aliphatic carbocycles. The fourth-order valence-corrected chi connectivity index (χ4v) is 1.27. The summed E-state index contributed by atoms with van der Waals surface area (Å²) in [7, 11) is 0. The second kappa shape index (κ2) is 7.04. The number of amides is 1. The summed E-state index contributed by atoms with van der Waals surface area (Å²) >= 11 is 0. The topological polar surface area (TPSA) is 73.2 Å². The molecule has 0 radical (unpaired) electrons. The Hall–Kier alpha value is -1.90. The number of carbonyl (C=O) groups excluding carboxylic acids is 1. The molecule has 20 heavy (non-hydrogen) atoms. The van der Waals surface area contributed by atoms with Crippen LogP contribution in [0.1, 0.15) is 30.3 Å². The fourth-order valence-electron chi connectivity index (χ4n) is 1.27. The molecule has 6 nitrogen and oxygen atoms in total. The first-order valence-electron chi connectivity index (χ1n) is 5.90. The molecule has 1 amide bonds. The number of nitrogens with one attached hydrogen (secondary N) is 1. The van der Waals surface area contributed by atoms with Gasteiger partial charge < -0.3 is 0 Å². The van der Waals surface area contributed by atoms with Gasteiger partial charge in [0.1, 0.15) is 0 Å². The van der Waals surface area contributed by atoms with Gasteiger partial charge >= 0.3 is 6.18 Å². The fraction of sp³-hybridized carbons (Fsp3) is 0.545. The molecular weight excluding hydrogens is 279 g/mol. The normalized spacial score (nSPS) is 11.4. The lowest BCUT2D eigenvalue weighted by Gasteiger charge is -2.09. The SMILES string of the molecule is CCCCn1nc(C(=O)NOCC(F)(F)F)ccc1=O. The van der Waals surface area contributed by atoms with Gasteiger partial charge in [0.15, 0.2) is 12.3 Å². The van der Waals surface area contributed by atoms with Crippen LogP contribution in [0, 0.1) is 0 Å². The number of halogens is 3. The second-order valence-corrected chi connectivity index (χ2v) is 3.97. The van der Waals surface area contributed by atoms with Crippen molar-refractivity contribution in [1.82, 2.24) is 15.3 Å². The van der Waals surface area contributed by atoms with Crippen molar-refractivity contribution in [2.45, 2.75) is 32.5 Å². The predicted octanol–water partition coefficient (Wildman–Crippen LogP) is 1.27. The minimum absolute atomic E-state index is 0.192. The van der Waals surface area contributed by atoms with Gasteiger partial charge in [-0.2, -0.15) is 18.3 Å². The summed E-state index contributed by atoms with van der Waals surface area (Å²) in [5.41, 5.74) is 1.05. The van der Waals surface area contributed by atoms with Gasteiger partial charge in [-0.3, -0.25) is 14.4 Å². The maximum Gasteiger partial charge on any atom is 0.414 e. The Labute approximate surface area is 112 Å². The Bertz CT molecular complexity index is 514. The minimum atomic E-state index is -4.54. The van der Waals surface area contributed by atoms with E-state index in [0.29, 0.717) is 13.0 Å². The maximum atomic E-state index is 11.8. The number of rotatable bonds is 6. The molecule has 9 heteroatoms. The average Bonchev–Trinajstić information content (AvgIpc) is 2.36. The number of hydroxylamine groups is 1. The largest absolute Gasteiger partial charge is 0.414 e. The van der Waals surface area contributed by atoms with Gasteiger partial charge in [0.05, 0.1) is 0 Å². The van der Waals surface area contributed by atoms with Crippen molar-refractivity contribution in [3.63, 3.8) is 0 Å². The van der Waals surface area contributed by atoms with Crippen LogP contribution in [-0.4, -0.2) is 28.5 Å². The van der Waals surface area contributed by atoms with Crippen LogP contribution in [0.5, 0.6) is 0 Å². The molecular formula is C11H14F3N3O3. The Morgan fingerprint density at radius 1 is 1.45 bits per heavy atom. The Balaban J connectivity index is 2.66. The van der Waals surface area contributed by atoms with E-state index in [0.717, 1.165) is 23.2 Å². The molecule has 112 valence electrons. The zero-order chi connectivity index (χ0) is 15.2. The number of hydrogen-bond donors (Lipinski definition) is 1. The first-order chi connectivity index (χ1) is 9.33. The molecule has 1 heterocycles. The van der Waals surface area contributed by atoms with Gasteiger partial charge in [-0.05, 0) is 12.5 Å². The first kappa shape index (κ1) is 16.2. The summed E-state index contributed by atoms with van der Waals surface area (Å²) in [5.74, 6) is -0.945. The first-order valence-corrected chi connectivity index (χ1v) is 5.90. The highest BCUT2D eigenvalue weighted by Gasteiger charge is 2.28. The highest BCUT2D eigenvalue weighted by molar-refractivity contribution is 5.91. The van der Waals surface area contributed by atoms with Crippen molar-refractivity contribution in [2.75, 3.05) is 6.61 Å². The van der Waals surface area contributed by atoms with Gasteiger partial charge in [0, 0.05) is 12.6 Å². The third-order valence-electron chi connectivity index (χ3n) is 2.22. The van der Waals surface area contributed by atoms with Crippen LogP contribution in [-0.2, 0) is 11.4 Å². The number of aryl methyl sites for hydroxylation is 1. The molecule has 0 aliphatic heterocycles. The molecule has 1 aromatic rings. The minimum Gasteiger partial charge on any atom is -0.268 e. The zero-order valence-electron chi connectivity index (χ0n) is 10.7. The van der Waals surface area contributed by atoms with Crippen molar-refractivity contribution in [3.05, 3.63) is 28.2 Å². The summed E-state index contributed by atoms with van der Waals surface area (Å²) < 4.78 is 36.6. The van der Waals surface area contributed by atoms with Crippen LogP contribution in [0.2, 0.25) is 0 Å². The molecule has 0 saturated heterocycles. The molecule has 0 saturated carbocycles. The lowest BCUT2D eigenvalue weighted by atomic mass is 10.3. The molecule has 0 fully saturated rings. The van der Waals surface area contributed by atoms with Crippen molar-refractivity contribution < 1.29 is 22.8 Å². The molecule has 1 rings (SSSR count). The van der Waals surface area contributed by atoms with E-state index in [1.165, 1.54) is 0 Å². The Kier molecular flexibility index (Phi) is 5.68. The zero-order valence-corrected chi connectivity index (χ0v) is 10.7. The van der Waals surface area contributed by atoms with E-state index in [9.17, 15) is 22.8 Å². The van der Waals surface area contributed by atoms with E-state index in [4.69, 9.17) is 0 Å². The predicted molar refractivity (Wildman–Crippen MR) is 62.9 cm³/mol. The van der Waals surface area contributed by atoms with Gasteiger partial charge in [-0.1, -0.05) is 13.3 Å². The maximum absolute atomic E-state index is 11.8. The van der Waals surface area contributed by atoms with Crippen LogP contribution >= 0.6 is 0 Å². The molecule has 0 bridgehead atoms. The number of aromatic nitrogens is 2. The summed E-state index contributed by atoms with van der Waals surface area (Å²) in [6, 6.07) is 2.25. The summed E-state index contributed by atoms with van der Waals surface area (Å²) in [5, 5.41) is 3.76. The number of alkyl halides is 3. The lowest BCUT2D eigenvalue weighted by molar-refractivity contribution is -0.184. The van der Waals surface area contributed by atoms with E-state index in [2.05, 4.69) is 9.94 Å². The van der Waals surface area contributed by atoms with Crippen LogP contribution in [0.4, 0.5) is 13.2 Å². The van der Waals surface area contributed by atoms with Gasteiger partial charge in [-0.15, -0.1) is 0 Å². The van der Waals surface area contributed by atoms with Gasteiger partial charge in [0.2, 0.25) is 0 Å². The summed E-state index contributed by atoms with van der Waals surface area (Å²) in [4.78, 5) is 26.9. The van der Waals surface area contributed by atoms with E-state index in [1.807, 2.05) is 6.92 Å². The monoisotopic (exact) mass is 293 g/mol. The van der Waals surface area contributed by atoms with Crippen LogP contribution in [0.25, 0.3) is 0 Å². The molecule has 0 unspecified atom stereocenters. The van der Waals surface area contributed by atoms with Crippen LogP contribution in [0.15, 0.2) is 16.9 Å². The van der Waals surface area contributed by atoms with Crippen molar-refractivity contribution in [3.8, 4) is 0 Å². The van der Waals surface area contributed by atoms with Gasteiger partial charge in [0.25, 0.3) is 11.5 Å². The highest BCUT2D eigenvalue weighted by Crippen LogP contribution is 2.13. The van der Waals surface area contributed by atoms with Crippen molar-refractivity contribution in [1.29, 1.82) is 0 Å². The van der Waals surface area contributed by atoms with Crippen LogP contribution in [0.3, 0.4) is 0 Å². The molecule has 0 spiro atoms. The Morgan fingerprint density at radius 2 is 2.15 bits per heavy atom. The molecule has 1 aromatic heterocycles. The number of hydrogen-bond acceptors (Lipinski definition) is 4.